The lowest BCUT2D eigenvalue weighted by Gasteiger charge is -2.09. The van der Waals surface area contributed by atoms with Crippen LogP contribution in [-0.2, 0) is 17.8 Å². The fraction of sp³-hybridized carbons (Fsp3) is 0.364. The summed E-state index contributed by atoms with van der Waals surface area (Å²) in [4.78, 5) is 24.3. The third-order valence-electron chi connectivity index (χ3n) is 4.76. The van der Waals surface area contributed by atoms with Crippen molar-refractivity contribution in [1.82, 2.24) is 20.3 Å². The van der Waals surface area contributed by atoms with E-state index in [2.05, 4.69) is 15.6 Å². The molecule has 0 saturated heterocycles. The van der Waals surface area contributed by atoms with E-state index in [4.69, 9.17) is 9.26 Å². The number of rotatable bonds is 9. The van der Waals surface area contributed by atoms with Crippen molar-refractivity contribution < 1.29 is 14.1 Å². The number of carbonyl (C=O) groups excluding carboxylic acids is 1. The van der Waals surface area contributed by atoms with Gasteiger partial charge in [0.1, 0.15) is 11.5 Å². The van der Waals surface area contributed by atoms with Crippen molar-refractivity contribution in [3.05, 3.63) is 63.8 Å². The third kappa shape index (κ3) is 5.34. The SMILES string of the molecule is CCOc1ccc(-c2ccc(=O)n(CCNC(=O)CCc3c(C)noc3C)n2)cc1. The normalized spacial score (nSPS) is 10.8. The molecule has 0 fully saturated rings. The first-order chi connectivity index (χ1) is 14.5. The van der Waals surface area contributed by atoms with Crippen molar-refractivity contribution in [2.24, 2.45) is 0 Å². The van der Waals surface area contributed by atoms with Gasteiger partial charge in [0.25, 0.3) is 5.56 Å². The minimum atomic E-state index is -0.213. The van der Waals surface area contributed by atoms with Crippen molar-refractivity contribution in [3.8, 4) is 17.0 Å². The van der Waals surface area contributed by atoms with Crippen molar-refractivity contribution in [2.45, 2.75) is 40.2 Å². The standard InChI is InChI=1S/C22H26N4O4/c1-4-29-18-7-5-17(6-8-18)20-10-12-22(28)26(24-20)14-13-23-21(27)11-9-19-15(2)25-30-16(19)3/h5-8,10,12H,4,9,11,13-14H2,1-3H3,(H,23,27). The largest absolute Gasteiger partial charge is 0.494 e. The number of aromatic nitrogens is 3. The van der Waals surface area contributed by atoms with Crippen LogP contribution in [0.25, 0.3) is 11.3 Å². The first-order valence-corrected chi connectivity index (χ1v) is 9.97. The van der Waals surface area contributed by atoms with Gasteiger partial charge >= 0.3 is 0 Å². The maximum Gasteiger partial charge on any atom is 0.266 e. The number of carbonyl (C=O) groups is 1. The monoisotopic (exact) mass is 410 g/mol. The highest BCUT2D eigenvalue weighted by Gasteiger charge is 2.11. The Morgan fingerprint density at radius 1 is 1.17 bits per heavy atom. The average molecular weight is 410 g/mol. The van der Waals surface area contributed by atoms with Gasteiger partial charge in [0, 0.05) is 30.2 Å². The molecule has 3 rings (SSSR count). The van der Waals surface area contributed by atoms with Gasteiger partial charge in [-0.25, -0.2) is 4.68 Å². The zero-order valence-electron chi connectivity index (χ0n) is 17.5. The molecule has 1 aromatic carbocycles. The Morgan fingerprint density at radius 2 is 1.93 bits per heavy atom. The van der Waals surface area contributed by atoms with Gasteiger partial charge in [0.15, 0.2) is 0 Å². The van der Waals surface area contributed by atoms with E-state index in [9.17, 15) is 9.59 Å². The molecule has 0 aliphatic carbocycles. The molecule has 2 aromatic heterocycles. The molecule has 0 atom stereocenters. The van der Waals surface area contributed by atoms with Crippen LogP contribution >= 0.6 is 0 Å². The summed E-state index contributed by atoms with van der Waals surface area (Å²) in [5.41, 5.74) is 3.13. The number of hydrogen-bond acceptors (Lipinski definition) is 6. The summed E-state index contributed by atoms with van der Waals surface area (Å²) in [5.74, 6) is 1.43. The zero-order valence-corrected chi connectivity index (χ0v) is 17.5. The molecule has 0 saturated carbocycles. The Bertz CT molecular complexity index is 1030. The van der Waals surface area contributed by atoms with E-state index < -0.39 is 0 Å². The lowest BCUT2D eigenvalue weighted by atomic mass is 10.1. The smallest absolute Gasteiger partial charge is 0.266 e. The average Bonchev–Trinajstić information content (AvgIpc) is 3.06. The predicted octanol–water partition coefficient (Wildman–Crippen LogP) is 2.66. The number of nitrogens with one attached hydrogen (secondary N) is 1. The first kappa shape index (κ1) is 21.3. The fourth-order valence-corrected chi connectivity index (χ4v) is 3.14. The summed E-state index contributed by atoms with van der Waals surface area (Å²) in [6, 6.07) is 10.7. The van der Waals surface area contributed by atoms with Crippen LogP contribution < -0.4 is 15.6 Å². The highest BCUT2D eigenvalue weighted by molar-refractivity contribution is 5.76. The van der Waals surface area contributed by atoms with Gasteiger partial charge in [-0.05, 0) is 57.5 Å². The highest BCUT2D eigenvalue weighted by Crippen LogP contribution is 2.19. The van der Waals surface area contributed by atoms with Crippen LogP contribution in [0.1, 0.15) is 30.4 Å². The van der Waals surface area contributed by atoms with E-state index in [1.165, 1.54) is 10.7 Å². The van der Waals surface area contributed by atoms with Crippen LogP contribution in [0.3, 0.4) is 0 Å². The molecule has 3 aromatic rings. The molecular formula is C22H26N4O4. The minimum absolute atomic E-state index is 0.0919. The fourth-order valence-electron chi connectivity index (χ4n) is 3.14. The second kappa shape index (κ2) is 9.87. The second-order valence-electron chi connectivity index (χ2n) is 6.89. The lowest BCUT2D eigenvalue weighted by molar-refractivity contribution is -0.121. The Labute approximate surface area is 174 Å². The van der Waals surface area contributed by atoms with Crippen LogP contribution in [0.15, 0.2) is 45.7 Å². The molecule has 8 nitrogen and oxygen atoms in total. The molecule has 0 spiro atoms. The third-order valence-corrected chi connectivity index (χ3v) is 4.76. The Morgan fingerprint density at radius 3 is 2.60 bits per heavy atom. The summed E-state index contributed by atoms with van der Waals surface area (Å²) in [7, 11) is 0. The van der Waals surface area contributed by atoms with Crippen LogP contribution in [0.5, 0.6) is 5.75 Å². The number of hydrogen-bond donors (Lipinski definition) is 1. The molecule has 0 aliphatic heterocycles. The van der Waals surface area contributed by atoms with E-state index >= 15 is 0 Å². The molecule has 0 radical (unpaired) electrons. The van der Waals surface area contributed by atoms with Gasteiger partial charge in [-0.1, -0.05) is 5.16 Å². The second-order valence-corrected chi connectivity index (χ2v) is 6.89. The molecular weight excluding hydrogens is 384 g/mol. The van der Waals surface area contributed by atoms with Crippen molar-refractivity contribution in [3.63, 3.8) is 0 Å². The summed E-state index contributed by atoms with van der Waals surface area (Å²) >= 11 is 0. The van der Waals surface area contributed by atoms with Crippen LogP contribution in [0.4, 0.5) is 0 Å². The first-order valence-electron chi connectivity index (χ1n) is 9.97. The zero-order chi connectivity index (χ0) is 21.5. The van der Waals surface area contributed by atoms with E-state index in [1.807, 2.05) is 45.0 Å². The maximum atomic E-state index is 12.1. The van der Waals surface area contributed by atoms with Crippen LogP contribution in [0, 0.1) is 13.8 Å². The molecule has 1 N–H and O–H groups in total. The Kier molecular flexibility index (Phi) is 7.00. The molecule has 0 bridgehead atoms. The maximum absolute atomic E-state index is 12.1. The highest BCUT2D eigenvalue weighted by atomic mass is 16.5. The predicted molar refractivity (Wildman–Crippen MR) is 112 cm³/mol. The number of nitrogens with zero attached hydrogens (tertiary/aromatic N) is 3. The van der Waals surface area contributed by atoms with Crippen LogP contribution in [-0.4, -0.2) is 34.0 Å². The van der Waals surface area contributed by atoms with Gasteiger partial charge in [0.05, 0.1) is 24.5 Å². The van der Waals surface area contributed by atoms with Gasteiger partial charge in [0.2, 0.25) is 5.91 Å². The van der Waals surface area contributed by atoms with Gasteiger partial charge in [-0.3, -0.25) is 9.59 Å². The molecule has 1 amide bonds. The summed E-state index contributed by atoms with van der Waals surface area (Å²) < 4.78 is 11.9. The van der Waals surface area contributed by atoms with Crippen molar-refractivity contribution >= 4 is 5.91 Å². The van der Waals surface area contributed by atoms with Crippen molar-refractivity contribution in [1.29, 1.82) is 0 Å². The van der Waals surface area contributed by atoms with E-state index in [1.54, 1.807) is 6.07 Å². The van der Waals surface area contributed by atoms with Crippen LogP contribution in [0.2, 0.25) is 0 Å². The van der Waals surface area contributed by atoms with E-state index in [0.717, 1.165) is 28.3 Å². The summed E-state index contributed by atoms with van der Waals surface area (Å²) in [6.07, 6.45) is 0.899. The summed E-state index contributed by atoms with van der Waals surface area (Å²) in [5, 5.41) is 11.1. The van der Waals surface area contributed by atoms with Gasteiger partial charge < -0.3 is 14.6 Å². The Hall–Kier alpha value is -3.42. The number of aryl methyl sites for hydroxylation is 2. The number of amides is 1. The number of ether oxygens (including phenoxy) is 1. The van der Waals surface area contributed by atoms with Gasteiger partial charge in [-0.2, -0.15) is 5.10 Å². The number of benzene rings is 1. The Balaban J connectivity index is 1.55. The molecule has 158 valence electrons. The molecule has 2 heterocycles. The summed E-state index contributed by atoms with van der Waals surface area (Å²) in [6.45, 7) is 6.84. The van der Waals surface area contributed by atoms with E-state index in [-0.39, 0.29) is 11.5 Å². The molecule has 0 unspecified atom stereocenters. The quantitative estimate of drug-likeness (QED) is 0.582. The van der Waals surface area contributed by atoms with Gasteiger partial charge in [-0.15, -0.1) is 0 Å². The van der Waals surface area contributed by atoms with Crippen molar-refractivity contribution in [2.75, 3.05) is 13.2 Å². The molecule has 0 aliphatic rings. The van der Waals surface area contributed by atoms with E-state index in [0.29, 0.717) is 38.2 Å². The molecule has 8 heteroatoms. The topological polar surface area (TPSA) is 99.2 Å². The minimum Gasteiger partial charge on any atom is -0.494 e. The molecule has 30 heavy (non-hydrogen) atoms. The lowest BCUT2D eigenvalue weighted by Crippen LogP contribution is -2.32.